The van der Waals surface area contributed by atoms with Crippen LogP contribution < -0.4 is 4.74 Å². The van der Waals surface area contributed by atoms with Gasteiger partial charge in [-0.15, -0.1) is 0 Å². The lowest BCUT2D eigenvalue weighted by Crippen LogP contribution is -2.24. The lowest BCUT2D eigenvalue weighted by Gasteiger charge is -2.08. The van der Waals surface area contributed by atoms with Gasteiger partial charge in [0.1, 0.15) is 11.0 Å². The summed E-state index contributed by atoms with van der Waals surface area (Å²) in [4.78, 5) is 10.6. The van der Waals surface area contributed by atoms with Crippen molar-refractivity contribution in [2.24, 2.45) is 0 Å². The molecule has 2 unspecified atom stereocenters. The molecule has 1 aromatic rings. The van der Waals surface area contributed by atoms with Crippen LogP contribution in [0.1, 0.15) is 25.8 Å². The van der Waals surface area contributed by atoms with E-state index in [1.165, 1.54) is 12.5 Å². The van der Waals surface area contributed by atoms with Gasteiger partial charge in [-0.1, -0.05) is 19.1 Å². The van der Waals surface area contributed by atoms with Crippen molar-refractivity contribution in [2.75, 3.05) is 12.4 Å². The van der Waals surface area contributed by atoms with E-state index in [9.17, 15) is 9.00 Å². The summed E-state index contributed by atoms with van der Waals surface area (Å²) < 4.78 is 17.1. The fourth-order valence-corrected chi connectivity index (χ4v) is 2.48. The molecule has 0 aliphatic carbocycles. The maximum Gasteiger partial charge on any atom is 0.318 e. The van der Waals surface area contributed by atoms with Crippen LogP contribution in [0.5, 0.6) is 5.75 Å². The van der Waals surface area contributed by atoms with E-state index >= 15 is 0 Å². The van der Waals surface area contributed by atoms with Crippen molar-refractivity contribution in [3.8, 4) is 5.75 Å². The number of aliphatic carboxylic acids is 1. The average Bonchev–Trinajstić information content (AvgIpc) is 2.43. The van der Waals surface area contributed by atoms with Gasteiger partial charge in [-0.25, -0.2) is 0 Å². The molecule has 1 aromatic carbocycles. The van der Waals surface area contributed by atoms with Crippen LogP contribution in [0.25, 0.3) is 0 Å². The number of rotatable bonds is 8. The molecule has 1 N–H and O–H groups in total. The van der Waals surface area contributed by atoms with Crippen molar-refractivity contribution in [2.45, 2.75) is 31.9 Å². The Kier molecular flexibility index (Phi) is 6.56. The fraction of sp³-hybridized carbons (Fsp3) is 0.500. The molecule has 4 nitrogen and oxygen atoms in total. The highest BCUT2D eigenvalue weighted by Crippen LogP contribution is 2.12. The summed E-state index contributed by atoms with van der Waals surface area (Å²) in [6.07, 6.45) is 1.58. The maximum atomic E-state index is 11.6. The summed E-state index contributed by atoms with van der Waals surface area (Å²) in [5, 5.41) is 7.90. The Balaban J connectivity index is 2.27. The van der Waals surface area contributed by atoms with Crippen LogP contribution in [0, 0.1) is 0 Å². The quantitative estimate of drug-likeness (QED) is 0.744. The molecule has 0 amide bonds. The van der Waals surface area contributed by atoms with Crippen LogP contribution in [0.2, 0.25) is 0 Å². The topological polar surface area (TPSA) is 63.6 Å². The minimum atomic E-state index is -1.34. The molecule has 0 radical (unpaired) electrons. The third-order valence-corrected chi connectivity index (χ3v) is 4.51. The second-order valence-corrected chi connectivity index (χ2v) is 6.14. The number of hydrogen-bond acceptors (Lipinski definition) is 3. The minimum absolute atomic E-state index is 0.348. The number of carboxylic acids is 1. The zero-order valence-corrected chi connectivity index (χ0v) is 12.1. The highest BCUT2D eigenvalue weighted by Gasteiger charge is 2.17. The van der Waals surface area contributed by atoms with Crippen LogP contribution >= 0.6 is 0 Å². The lowest BCUT2D eigenvalue weighted by atomic mass is 10.2. The molecule has 0 spiro atoms. The van der Waals surface area contributed by atoms with Gasteiger partial charge >= 0.3 is 5.97 Å². The highest BCUT2D eigenvalue weighted by molar-refractivity contribution is 7.86. The van der Waals surface area contributed by atoms with Crippen LogP contribution in [0.15, 0.2) is 24.3 Å². The van der Waals surface area contributed by atoms with Crippen molar-refractivity contribution >= 4 is 16.8 Å². The number of hydrogen-bond donors (Lipinski definition) is 1. The third-order valence-electron chi connectivity index (χ3n) is 2.83. The number of benzene rings is 1. The van der Waals surface area contributed by atoms with E-state index in [1.54, 1.807) is 0 Å². The van der Waals surface area contributed by atoms with Crippen molar-refractivity contribution in [1.29, 1.82) is 0 Å². The molecule has 0 saturated carbocycles. The van der Waals surface area contributed by atoms with E-state index in [0.717, 1.165) is 12.2 Å². The maximum absolute atomic E-state index is 11.6. The highest BCUT2D eigenvalue weighted by atomic mass is 32.2. The van der Waals surface area contributed by atoms with E-state index in [1.807, 2.05) is 24.3 Å². The molecule has 0 saturated heterocycles. The molecule has 2 atom stereocenters. The summed E-state index contributed by atoms with van der Waals surface area (Å²) in [5.41, 5.74) is 1.25. The van der Waals surface area contributed by atoms with E-state index < -0.39 is 22.0 Å². The predicted octanol–water partition coefficient (Wildman–Crippen LogP) is 2.24. The summed E-state index contributed by atoms with van der Waals surface area (Å²) in [7, 11) is -1.34. The van der Waals surface area contributed by atoms with Crippen LogP contribution in [-0.2, 0) is 22.0 Å². The summed E-state index contributed by atoms with van der Waals surface area (Å²) >= 11 is 0. The zero-order valence-electron chi connectivity index (χ0n) is 11.3. The molecule has 5 heteroatoms. The van der Waals surface area contributed by atoms with E-state index in [0.29, 0.717) is 18.8 Å². The van der Waals surface area contributed by atoms with E-state index in [-0.39, 0.29) is 0 Å². The molecule has 0 heterocycles. The van der Waals surface area contributed by atoms with Crippen LogP contribution in [-0.4, -0.2) is 32.9 Å². The Hall–Kier alpha value is -1.36. The first-order valence-corrected chi connectivity index (χ1v) is 7.74. The Labute approximate surface area is 116 Å². The van der Waals surface area contributed by atoms with Crippen molar-refractivity contribution in [3.63, 3.8) is 0 Å². The Morgan fingerprint density at radius 2 is 2.00 bits per heavy atom. The molecular weight excluding hydrogens is 264 g/mol. The monoisotopic (exact) mass is 284 g/mol. The van der Waals surface area contributed by atoms with Crippen molar-refractivity contribution in [3.05, 3.63) is 29.8 Å². The molecule has 19 heavy (non-hydrogen) atoms. The standard InChI is InChI=1S/C14H20O4S/c1-3-12-5-7-13(8-6-12)18-9-4-10-19(17)11(2)14(15)16/h5-8,11H,3-4,9-10H2,1-2H3,(H,15,16). The Morgan fingerprint density at radius 3 is 2.53 bits per heavy atom. The summed E-state index contributed by atoms with van der Waals surface area (Å²) in [6, 6.07) is 7.85. The van der Waals surface area contributed by atoms with Crippen LogP contribution in [0.3, 0.4) is 0 Å². The number of carbonyl (C=O) groups is 1. The molecule has 106 valence electrons. The van der Waals surface area contributed by atoms with Crippen molar-refractivity contribution < 1.29 is 18.8 Å². The molecule has 0 fully saturated rings. The normalized spacial score (nSPS) is 13.8. The molecule has 0 aliphatic rings. The minimum Gasteiger partial charge on any atom is -0.494 e. The third kappa shape index (κ3) is 5.42. The summed E-state index contributed by atoms with van der Waals surface area (Å²) in [6.45, 7) is 4.00. The van der Waals surface area contributed by atoms with Gasteiger partial charge in [-0.05, 0) is 37.5 Å². The first-order chi connectivity index (χ1) is 9.04. The number of carboxylic acid groups (broad SMARTS) is 1. The number of ether oxygens (including phenoxy) is 1. The molecule has 0 aliphatic heterocycles. The summed E-state index contributed by atoms with van der Waals surface area (Å²) in [5.74, 6) is 0.115. The molecule has 1 rings (SSSR count). The van der Waals surface area contributed by atoms with Gasteiger partial charge in [0.05, 0.1) is 6.61 Å². The van der Waals surface area contributed by atoms with Gasteiger partial charge in [0.15, 0.2) is 0 Å². The van der Waals surface area contributed by atoms with E-state index in [2.05, 4.69) is 6.92 Å². The van der Waals surface area contributed by atoms with Gasteiger partial charge < -0.3 is 9.84 Å². The molecule has 0 aromatic heterocycles. The second-order valence-electron chi connectivity index (χ2n) is 4.26. The zero-order chi connectivity index (χ0) is 14.3. The Morgan fingerprint density at radius 1 is 1.37 bits per heavy atom. The fourth-order valence-electron chi connectivity index (χ4n) is 1.50. The van der Waals surface area contributed by atoms with Gasteiger partial charge in [0.2, 0.25) is 0 Å². The molecular formula is C14H20O4S. The van der Waals surface area contributed by atoms with Crippen molar-refractivity contribution in [1.82, 2.24) is 0 Å². The Bertz CT molecular complexity index is 428. The second kappa shape index (κ2) is 7.94. The first-order valence-electron chi connectivity index (χ1n) is 6.36. The lowest BCUT2D eigenvalue weighted by molar-refractivity contribution is -0.136. The van der Waals surface area contributed by atoms with Gasteiger partial charge in [-0.3, -0.25) is 9.00 Å². The first kappa shape index (κ1) is 15.7. The smallest absolute Gasteiger partial charge is 0.318 e. The molecule has 0 bridgehead atoms. The van der Waals surface area contributed by atoms with Gasteiger partial charge in [0.25, 0.3) is 0 Å². The van der Waals surface area contributed by atoms with E-state index in [4.69, 9.17) is 9.84 Å². The van der Waals surface area contributed by atoms with Crippen LogP contribution in [0.4, 0.5) is 0 Å². The van der Waals surface area contributed by atoms with Gasteiger partial charge in [-0.2, -0.15) is 0 Å². The average molecular weight is 284 g/mol. The largest absolute Gasteiger partial charge is 0.494 e. The SMILES string of the molecule is CCc1ccc(OCCCS(=O)C(C)C(=O)O)cc1. The predicted molar refractivity (Wildman–Crippen MR) is 76.0 cm³/mol. The number of aryl methyl sites for hydroxylation is 1. The van der Waals surface area contributed by atoms with Gasteiger partial charge in [0, 0.05) is 16.6 Å².